The summed E-state index contributed by atoms with van der Waals surface area (Å²) in [4.78, 5) is 18.7. The molecule has 0 aliphatic carbocycles. The second kappa shape index (κ2) is 7.01. The topological polar surface area (TPSA) is 45.2 Å². The smallest absolute Gasteiger partial charge is 0.272 e. The number of aromatic nitrogens is 1. The number of hydrogen-bond donors (Lipinski definition) is 1. The molecule has 5 heteroatoms. The Kier molecular flexibility index (Phi) is 5.34. The Morgan fingerprint density at radius 3 is 3.05 bits per heavy atom. The molecular weight excluding hydrogens is 306 g/mol. The number of carbonyl (C=O) groups excluding carboxylic acids is 1. The van der Waals surface area contributed by atoms with Crippen molar-refractivity contribution in [3.05, 3.63) is 28.5 Å². The van der Waals surface area contributed by atoms with Gasteiger partial charge in [0.25, 0.3) is 5.91 Å². The summed E-state index contributed by atoms with van der Waals surface area (Å²) < 4.78 is 0.898. The summed E-state index contributed by atoms with van der Waals surface area (Å²) in [5.41, 5.74) is 0.541. The molecular formula is C14H20BrN3O. The van der Waals surface area contributed by atoms with Crippen molar-refractivity contribution >= 4 is 21.8 Å². The zero-order valence-electron chi connectivity index (χ0n) is 11.2. The second-order valence-corrected chi connectivity index (χ2v) is 5.82. The molecule has 19 heavy (non-hydrogen) atoms. The Labute approximate surface area is 122 Å². The number of rotatable bonds is 4. The van der Waals surface area contributed by atoms with Crippen molar-refractivity contribution in [2.24, 2.45) is 0 Å². The van der Waals surface area contributed by atoms with Crippen LogP contribution in [0.15, 0.2) is 22.8 Å². The van der Waals surface area contributed by atoms with Crippen molar-refractivity contribution in [3.63, 3.8) is 0 Å². The van der Waals surface area contributed by atoms with Crippen LogP contribution in [-0.4, -0.2) is 42.0 Å². The maximum Gasteiger partial charge on any atom is 0.272 e. The van der Waals surface area contributed by atoms with Gasteiger partial charge in [-0.15, -0.1) is 0 Å². The summed E-state index contributed by atoms with van der Waals surface area (Å²) in [5.74, 6) is 0.0632. The van der Waals surface area contributed by atoms with Crippen LogP contribution in [-0.2, 0) is 0 Å². The molecule has 0 saturated carbocycles. The number of pyridine rings is 1. The van der Waals surface area contributed by atoms with Crippen molar-refractivity contribution < 1.29 is 4.79 Å². The summed E-state index contributed by atoms with van der Waals surface area (Å²) in [6.07, 6.45) is 6.10. The van der Waals surface area contributed by atoms with Crippen LogP contribution in [0.4, 0.5) is 0 Å². The third kappa shape index (κ3) is 3.76. The van der Waals surface area contributed by atoms with Crippen LogP contribution in [0.25, 0.3) is 0 Å². The molecule has 1 aliphatic heterocycles. The number of piperidine rings is 1. The third-order valence-corrected chi connectivity index (χ3v) is 4.03. The zero-order valence-corrected chi connectivity index (χ0v) is 12.8. The van der Waals surface area contributed by atoms with Crippen LogP contribution in [0.3, 0.4) is 0 Å². The molecule has 1 atom stereocenters. The van der Waals surface area contributed by atoms with Crippen LogP contribution in [0, 0.1) is 0 Å². The van der Waals surface area contributed by atoms with E-state index >= 15 is 0 Å². The first kappa shape index (κ1) is 14.5. The average Bonchev–Trinajstić information content (AvgIpc) is 2.45. The molecule has 0 radical (unpaired) electrons. The van der Waals surface area contributed by atoms with Gasteiger partial charge in [-0.3, -0.25) is 4.79 Å². The van der Waals surface area contributed by atoms with Gasteiger partial charge < -0.3 is 10.2 Å². The summed E-state index contributed by atoms with van der Waals surface area (Å²) in [6.45, 7) is 1.80. The number of hydrogen-bond acceptors (Lipinski definition) is 3. The Balaban J connectivity index is 2.08. The standard InChI is InChI=1S/C14H20BrN3O/c1-16-8-7-12-4-2-3-9-18(12)14(19)13-6-5-11(15)10-17-13/h5-6,10,12,16H,2-4,7-9H2,1H3. The van der Waals surface area contributed by atoms with Gasteiger partial charge in [0.05, 0.1) is 0 Å². The van der Waals surface area contributed by atoms with E-state index in [1.807, 2.05) is 18.0 Å². The molecule has 1 unspecified atom stereocenters. The van der Waals surface area contributed by atoms with E-state index in [1.165, 1.54) is 6.42 Å². The van der Waals surface area contributed by atoms with Gasteiger partial charge in [0.2, 0.25) is 0 Å². The number of halogens is 1. The van der Waals surface area contributed by atoms with Crippen LogP contribution < -0.4 is 5.32 Å². The summed E-state index contributed by atoms with van der Waals surface area (Å²) in [7, 11) is 1.95. The minimum absolute atomic E-state index is 0.0632. The van der Waals surface area contributed by atoms with Crippen molar-refractivity contribution in [3.8, 4) is 0 Å². The average molecular weight is 326 g/mol. The first-order valence-electron chi connectivity index (χ1n) is 6.79. The lowest BCUT2D eigenvalue weighted by atomic mass is 9.99. The predicted molar refractivity (Wildman–Crippen MR) is 79.2 cm³/mol. The van der Waals surface area contributed by atoms with Crippen LogP contribution >= 0.6 is 15.9 Å². The Hall–Kier alpha value is -0.940. The van der Waals surface area contributed by atoms with Crippen molar-refractivity contribution in [1.82, 2.24) is 15.2 Å². The van der Waals surface area contributed by atoms with Crippen LogP contribution in [0.5, 0.6) is 0 Å². The largest absolute Gasteiger partial charge is 0.334 e. The van der Waals surface area contributed by atoms with Gasteiger partial charge in [-0.05, 0) is 67.3 Å². The highest BCUT2D eigenvalue weighted by Gasteiger charge is 2.27. The monoisotopic (exact) mass is 325 g/mol. The SMILES string of the molecule is CNCCC1CCCCN1C(=O)c1ccc(Br)cn1. The molecule has 1 fully saturated rings. The van der Waals surface area contributed by atoms with Crippen LogP contribution in [0.1, 0.15) is 36.2 Å². The normalized spacial score (nSPS) is 19.5. The number of likely N-dealkylation sites (tertiary alicyclic amines) is 1. The Morgan fingerprint density at radius 2 is 2.37 bits per heavy atom. The molecule has 1 amide bonds. The number of amides is 1. The fourth-order valence-corrected chi connectivity index (χ4v) is 2.76. The molecule has 0 aromatic carbocycles. The van der Waals surface area contributed by atoms with E-state index in [1.54, 1.807) is 12.3 Å². The highest BCUT2D eigenvalue weighted by atomic mass is 79.9. The van der Waals surface area contributed by atoms with E-state index in [9.17, 15) is 4.79 Å². The number of carbonyl (C=O) groups is 1. The van der Waals surface area contributed by atoms with Gasteiger partial charge in [0, 0.05) is 23.3 Å². The van der Waals surface area contributed by atoms with Gasteiger partial charge in [-0.25, -0.2) is 4.98 Å². The Morgan fingerprint density at radius 1 is 1.53 bits per heavy atom. The lowest BCUT2D eigenvalue weighted by Crippen LogP contribution is -2.45. The van der Waals surface area contributed by atoms with Gasteiger partial charge in [0.1, 0.15) is 5.69 Å². The molecule has 4 nitrogen and oxygen atoms in total. The van der Waals surface area contributed by atoms with E-state index in [4.69, 9.17) is 0 Å². The molecule has 1 saturated heterocycles. The molecule has 0 bridgehead atoms. The van der Waals surface area contributed by atoms with E-state index < -0.39 is 0 Å². The molecule has 2 rings (SSSR count). The van der Waals surface area contributed by atoms with E-state index in [-0.39, 0.29) is 5.91 Å². The molecule has 1 aromatic rings. The van der Waals surface area contributed by atoms with Crippen molar-refractivity contribution in [2.45, 2.75) is 31.7 Å². The molecule has 1 aromatic heterocycles. The number of nitrogens with zero attached hydrogens (tertiary/aromatic N) is 2. The molecule has 0 spiro atoms. The fraction of sp³-hybridized carbons (Fsp3) is 0.571. The zero-order chi connectivity index (χ0) is 13.7. The fourth-order valence-electron chi connectivity index (χ4n) is 2.53. The lowest BCUT2D eigenvalue weighted by Gasteiger charge is -2.35. The van der Waals surface area contributed by atoms with E-state index in [0.29, 0.717) is 11.7 Å². The summed E-state index contributed by atoms with van der Waals surface area (Å²) >= 11 is 3.34. The molecule has 2 heterocycles. The number of nitrogens with one attached hydrogen (secondary N) is 1. The quantitative estimate of drug-likeness (QED) is 0.924. The first-order chi connectivity index (χ1) is 9.22. The highest BCUT2D eigenvalue weighted by Crippen LogP contribution is 2.21. The maximum atomic E-state index is 12.5. The predicted octanol–water partition coefficient (Wildman–Crippen LogP) is 2.45. The maximum absolute atomic E-state index is 12.5. The highest BCUT2D eigenvalue weighted by molar-refractivity contribution is 9.10. The Bertz CT molecular complexity index is 421. The van der Waals surface area contributed by atoms with Crippen molar-refractivity contribution in [1.29, 1.82) is 0 Å². The summed E-state index contributed by atoms with van der Waals surface area (Å²) in [6, 6.07) is 4.00. The van der Waals surface area contributed by atoms with E-state index in [0.717, 1.165) is 36.8 Å². The second-order valence-electron chi connectivity index (χ2n) is 4.90. The minimum atomic E-state index is 0.0632. The van der Waals surface area contributed by atoms with Crippen molar-refractivity contribution in [2.75, 3.05) is 20.1 Å². The third-order valence-electron chi connectivity index (χ3n) is 3.56. The van der Waals surface area contributed by atoms with Gasteiger partial charge in [-0.2, -0.15) is 0 Å². The lowest BCUT2D eigenvalue weighted by molar-refractivity contribution is 0.0596. The van der Waals surface area contributed by atoms with Gasteiger partial charge in [0.15, 0.2) is 0 Å². The summed E-state index contributed by atoms with van der Waals surface area (Å²) in [5, 5.41) is 3.16. The van der Waals surface area contributed by atoms with Gasteiger partial charge in [-0.1, -0.05) is 0 Å². The minimum Gasteiger partial charge on any atom is -0.334 e. The van der Waals surface area contributed by atoms with Crippen LogP contribution in [0.2, 0.25) is 0 Å². The van der Waals surface area contributed by atoms with Gasteiger partial charge >= 0.3 is 0 Å². The molecule has 1 aliphatic rings. The molecule has 1 N–H and O–H groups in total. The van der Waals surface area contributed by atoms with E-state index in [2.05, 4.69) is 26.2 Å². The first-order valence-corrected chi connectivity index (χ1v) is 7.59. The molecule has 104 valence electrons.